The van der Waals surface area contributed by atoms with E-state index < -0.39 is 11.8 Å². The van der Waals surface area contributed by atoms with E-state index in [0.717, 1.165) is 28.2 Å². The molecule has 0 atom stereocenters. The molecule has 2 heterocycles. The van der Waals surface area contributed by atoms with Crippen molar-refractivity contribution in [3.63, 3.8) is 0 Å². The first-order chi connectivity index (χ1) is 15.2. The van der Waals surface area contributed by atoms with E-state index in [1.165, 1.54) is 4.90 Å². The SMILES string of the molecule is Cc1ccc(N2C(=O)/C(=C/c3cc(C)n(-c4ccccc4Cl)c3C)C(=O)NC2=S)cc1Cl. The third-order valence-electron chi connectivity index (χ3n) is 5.38. The van der Waals surface area contributed by atoms with Gasteiger partial charge in [-0.05, 0) is 80.5 Å². The number of benzene rings is 2. The maximum atomic E-state index is 13.3. The van der Waals surface area contributed by atoms with Crippen LogP contribution in [0.5, 0.6) is 0 Å². The summed E-state index contributed by atoms with van der Waals surface area (Å²) in [5, 5.41) is 3.72. The first-order valence-corrected chi connectivity index (χ1v) is 11.0. The predicted molar refractivity (Wildman–Crippen MR) is 133 cm³/mol. The van der Waals surface area contributed by atoms with E-state index in [1.807, 2.05) is 55.7 Å². The molecule has 1 saturated heterocycles. The number of aryl methyl sites for hydroxylation is 2. The van der Waals surface area contributed by atoms with Crippen LogP contribution in [0.4, 0.5) is 5.69 Å². The predicted octanol–water partition coefficient (Wildman–Crippen LogP) is 5.54. The Labute approximate surface area is 201 Å². The molecule has 162 valence electrons. The molecule has 1 N–H and O–H groups in total. The van der Waals surface area contributed by atoms with Crippen molar-refractivity contribution in [2.45, 2.75) is 20.8 Å². The highest BCUT2D eigenvalue weighted by Crippen LogP contribution is 2.30. The summed E-state index contributed by atoms with van der Waals surface area (Å²) in [6.07, 6.45) is 1.58. The van der Waals surface area contributed by atoms with Crippen molar-refractivity contribution in [3.05, 3.63) is 86.7 Å². The largest absolute Gasteiger partial charge is 0.316 e. The summed E-state index contributed by atoms with van der Waals surface area (Å²) in [6, 6.07) is 14.6. The summed E-state index contributed by atoms with van der Waals surface area (Å²) in [5.74, 6) is -1.06. The zero-order valence-corrected chi connectivity index (χ0v) is 19.9. The van der Waals surface area contributed by atoms with Gasteiger partial charge in [-0.1, -0.05) is 41.4 Å². The fourth-order valence-corrected chi connectivity index (χ4v) is 4.38. The normalized spacial score (nSPS) is 15.5. The van der Waals surface area contributed by atoms with Crippen LogP contribution in [-0.4, -0.2) is 21.5 Å². The van der Waals surface area contributed by atoms with Crippen LogP contribution in [0.15, 0.2) is 54.1 Å². The third-order valence-corrected chi connectivity index (χ3v) is 6.39. The molecule has 0 unspecified atom stereocenters. The fourth-order valence-electron chi connectivity index (χ4n) is 3.71. The zero-order valence-electron chi connectivity index (χ0n) is 17.6. The van der Waals surface area contributed by atoms with Gasteiger partial charge in [-0.2, -0.15) is 0 Å². The molecule has 1 aliphatic rings. The van der Waals surface area contributed by atoms with Crippen molar-refractivity contribution >= 4 is 64.1 Å². The zero-order chi connectivity index (χ0) is 23.2. The van der Waals surface area contributed by atoms with Crippen molar-refractivity contribution in [1.82, 2.24) is 9.88 Å². The van der Waals surface area contributed by atoms with E-state index in [1.54, 1.807) is 24.3 Å². The van der Waals surface area contributed by atoms with Gasteiger partial charge in [0.2, 0.25) is 0 Å². The molecule has 2 aromatic carbocycles. The first kappa shape index (κ1) is 22.3. The first-order valence-electron chi connectivity index (χ1n) is 9.80. The number of halogens is 2. The van der Waals surface area contributed by atoms with Crippen LogP contribution in [0, 0.1) is 20.8 Å². The Morgan fingerprint density at radius 2 is 1.69 bits per heavy atom. The molecule has 32 heavy (non-hydrogen) atoms. The minimum absolute atomic E-state index is 0.0126. The Bertz CT molecular complexity index is 1330. The number of hydrogen-bond donors (Lipinski definition) is 1. The van der Waals surface area contributed by atoms with E-state index in [-0.39, 0.29) is 10.7 Å². The Hall–Kier alpha value is -2.93. The number of anilines is 1. The van der Waals surface area contributed by atoms with E-state index in [2.05, 4.69) is 5.32 Å². The van der Waals surface area contributed by atoms with Gasteiger partial charge in [-0.15, -0.1) is 0 Å². The van der Waals surface area contributed by atoms with Gasteiger partial charge in [0.25, 0.3) is 11.8 Å². The Balaban J connectivity index is 1.78. The molecule has 1 aliphatic heterocycles. The van der Waals surface area contributed by atoms with Crippen molar-refractivity contribution in [2.24, 2.45) is 0 Å². The second kappa shape index (κ2) is 8.54. The lowest BCUT2D eigenvalue weighted by Gasteiger charge is -2.29. The Morgan fingerprint density at radius 1 is 0.969 bits per heavy atom. The third kappa shape index (κ3) is 3.86. The van der Waals surface area contributed by atoms with Crippen molar-refractivity contribution in [2.75, 3.05) is 4.90 Å². The van der Waals surface area contributed by atoms with E-state index >= 15 is 0 Å². The summed E-state index contributed by atoms with van der Waals surface area (Å²) in [7, 11) is 0. The lowest BCUT2D eigenvalue weighted by Crippen LogP contribution is -2.54. The average Bonchev–Trinajstić information content (AvgIpc) is 3.01. The number of carbonyl (C=O) groups is 2. The lowest BCUT2D eigenvalue weighted by molar-refractivity contribution is -0.122. The monoisotopic (exact) mass is 483 g/mol. The van der Waals surface area contributed by atoms with Gasteiger partial charge in [0, 0.05) is 16.4 Å². The molecular formula is C24H19Cl2N3O2S. The standard InChI is InChI=1S/C24H19Cl2N3O2S/c1-13-8-9-17(12-20(13)26)29-23(31)18(22(30)27-24(29)32)11-16-10-14(2)28(15(16)3)21-7-5-4-6-19(21)25/h4-12H,1-3H3,(H,27,30,32)/b18-11+. The second-order valence-corrected chi connectivity index (χ2v) is 8.71. The molecule has 0 radical (unpaired) electrons. The molecule has 2 amide bonds. The molecule has 0 saturated carbocycles. The molecule has 0 aliphatic carbocycles. The number of thiocarbonyl (C=S) groups is 1. The number of hydrogen-bond acceptors (Lipinski definition) is 3. The summed E-state index contributed by atoms with van der Waals surface area (Å²) in [5.41, 5.74) is 4.67. The maximum absolute atomic E-state index is 13.3. The van der Waals surface area contributed by atoms with Crippen LogP contribution in [0.1, 0.15) is 22.5 Å². The van der Waals surface area contributed by atoms with Gasteiger partial charge in [0.15, 0.2) is 5.11 Å². The fraction of sp³-hybridized carbons (Fsp3) is 0.125. The summed E-state index contributed by atoms with van der Waals surface area (Å²) in [4.78, 5) is 27.3. The summed E-state index contributed by atoms with van der Waals surface area (Å²) in [6.45, 7) is 5.72. The van der Waals surface area contributed by atoms with Crippen LogP contribution >= 0.6 is 35.4 Å². The average molecular weight is 484 g/mol. The van der Waals surface area contributed by atoms with Crippen LogP contribution in [0.3, 0.4) is 0 Å². The topological polar surface area (TPSA) is 54.3 Å². The van der Waals surface area contributed by atoms with Gasteiger partial charge < -0.3 is 4.57 Å². The van der Waals surface area contributed by atoms with Crippen LogP contribution in [-0.2, 0) is 9.59 Å². The Morgan fingerprint density at radius 3 is 2.38 bits per heavy atom. The quantitative estimate of drug-likeness (QED) is 0.302. The molecule has 4 rings (SSSR count). The highest BCUT2D eigenvalue weighted by Gasteiger charge is 2.35. The number of rotatable bonds is 3. The molecule has 5 nitrogen and oxygen atoms in total. The van der Waals surface area contributed by atoms with Crippen molar-refractivity contribution < 1.29 is 9.59 Å². The number of nitrogens with one attached hydrogen (secondary N) is 1. The number of amides is 2. The molecule has 1 aromatic heterocycles. The molecular weight excluding hydrogens is 465 g/mol. The van der Waals surface area contributed by atoms with E-state index in [0.29, 0.717) is 15.7 Å². The van der Waals surface area contributed by atoms with Gasteiger partial charge >= 0.3 is 0 Å². The van der Waals surface area contributed by atoms with E-state index in [9.17, 15) is 9.59 Å². The molecule has 8 heteroatoms. The number of para-hydroxylation sites is 1. The molecule has 3 aromatic rings. The molecule has 0 bridgehead atoms. The number of aromatic nitrogens is 1. The number of carbonyl (C=O) groups excluding carboxylic acids is 2. The van der Waals surface area contributed by atoms with Gasteiger partial charge in [0.05, 0.1) is 16.4 Å². The lowest BCUT2D eigenvalue weighted by atomic mass is 10.1. The van der Waals surface area contributed by atoms with Crippen LogP contribution in [0.25, 0.3) is 11.8 Å². The van der Waals surface area contributed by atoms with E-state index in [4.69, 9.17) is 35.4 Å². The van der Waals surface area contributed by atoms with Crippen molar-refractivity contribution in [1.29, 1.82) is 0 Å². The number of nitrogens with zero attached hydrogens (tertiary/aromatic N) is 2. The van der Waals surface area contributed by atoms with Gasteiger partial charge in [-0.3, -0.25) is 19.8 Å². The second-order valence-electron chi connectivity index (χ2n) is 7.50. The summed E-state index contributed by atoms with van der Waals surface area (Å²) >= 11 is 17.9. The minimum atomic E-state index is -0.544. The highest BCUT2D eigenvalue weighted by atomic mass is 35.5. The smallest absolute Gasteiger partial charge is 0.270 e. The van der Waals surface area contributed by atoms with Gasteiger partial charge in [-0.25, -0.2) is 0 Å². The molecule has 0 spiro atoms. The Kier molecular flexibility index (Phi) is 5.95. The van der Waals surface area contributed by atoms with Crippen LogP contribution < -0.4 is 10.2 Å². The van der Waals surface area contributed by atoms with Gasteiger partial charge in [0.1, 0.15) is 5.57 Å². The summed E-state index contributed by atoms with van der Waals surface area (Å²) < 4.78 is 1.99. The van der Waals surface area contributed by atoms with Crippen molar-refractivity contribution in [3.8, 4) is 5.69 Å². The van der Waals surface area contributed by atoms with Crippen LogP contribution in [0.2, 0.25) is 10.0 Å². The maximum Gasteiger partial charge on any atom is 0.270 e. The minimum Gasteiger partial charge on any atom is -0.316 e. The highest BCUT2D eigenvalue weighted by molar-refractivity contribution is 7.80. The molecule has 1 fully saturated rings.